The first-order valence-electron chi connectivity index (χ1n) is 13.2. The summed E-state index contributed by atoms with van der Waals surface area (Å²) in [5.41, 5.74) is 3.83. The number of nitrogens with zero attached hydrogens (tertiary/aromatic N) is 2. The lowest BCUT2D eigenvalue weighted by Crippen LogP contribution is -2.58. The number of H-pyrrole nitrogens is 1. The number of alkyl halides is 2. The lowest BCUT2D eigenvalue weighted by molar-refractivity contribution is -0.0747. The molecule has 1 saturated heterocycles. The summed E-state index contributed by atoms with van der Waals surface area (Å²) in [4.78, 5) is 24.7. The molecule has 0 unspecified atom stereocenters. The van der Waals surface area contributed by atoms with Crippen LogP contribution in [0.15, 0.2) is 35.5 Å². The molecule has 3 aromatic rings. The van der Waals surface area contributed by atoms with E-state index < -0.39 is 5.92 Å². The first-order valence-corrected chi connectivity index (χ1v) is 13.2. The maximum absolute atomic E-state index is 13.6. The Kier molecular flexibility index (Phi) is 7.74. The van der Waals surface area contributed by atoms with Crippen molar-refractivity contribution in [2.24, 2.45) is 5.92 Å². The maximum Gasteiger partial charge on any atom is 0.251 e. The summed E-state index contributed by atoms with van der Waals surface area (Å²) in [6, 6.07) is 3.65. The summed E-state index contributed by atoms with van der Waals surface area (Å²) in [6.07, 6.45) is 5.63. The van der Waals surface area contributed by atoms with Gasteiger partial charge >= 0.3 is 0 Å². The zero-order chi connectivity index (χ0) is 26.9. The first-order chi connectivity index (χ1) is 18.2. The van der Waals surface area contributed by atoms with Crippen LogP contribution in [0, 0.1) is 19.8 Å². The molecule has 0 aromatic carbocycles. The van der Waals surface area contributed by atoms with Crippen molar-refractivity contribution in [3.05, 3.63) is 52.2 Å². The van der Waals surface area contributed by atoms with Crippen LogP contribution in [0.1, 0.15) is 36.8 Å². The van der Waals surface area contributed by atoms with Crippen LogP contribution in [0.5, 0.6) is 0 Å². The van der Waals surface area contributed by atoms with Crippen LogP contribution in [0.4, 0.5) is 14.6 Å². The normalized spacial score (nSPS) is 24.0. The topological polar surface area (TPSA) is 101 Å². The highest BCUT2D eigenvalue weighted by atomic mass is 19.3. The van der Waals surface area contributed by atoms with E-state index in [4.69, 9.17) is 14.5 Å². The summed E-state index contributed by atoms with van der Waals surface area (Å²) in [5.74, 6) is -1.92. The van der Waals surface area contributed by atoms with Crippen molar-refractivity contribution in [2.75, 3.05) is 32.1 Å². The summed E-state index contributed by atoms with van der Waals surface area (Å²) < 4.78 is 39.3. The Hall–Kier alpha value is -2.95. The molecule has 204 valence electrons. The summed E-state index contributed by atoms with van der Waals surface area (Å²) in [7, 11) is 1.65. The SMILES string of the molecule is CO[C@@H]1CNC[C@@H](OCC2CCC(F)(F)CC2)[C@@H]1Nc1ncc(-c2cncc(C)c2)c2cc(C)c(=O)[nH]c12. The molecule has 2 aliphatic rings. The van der Waals surface area contributed by atoms with Gasteiger partial charge in [-0.25, -0.2) is 13.8 Å². The van der Waals surface area contributed by atoms with E-state index >= 15 is 0 Å². The van der Waals surface area contributed by atoms with Gasteiger partial charge in [0.1, 0.15) is 0 Å². The molecule has 1 saturated carbocycles. The average Bonchev–Trinajstić information content (AvgIpc) is 2.89. The number of pyridine rings is 3. The number of aromatic nitrogens is 3. The molecule has 0 amide bonds. The molecule has 3 atom stereocenters. The van der Waals surface area contributed by atoms with Crippen LogP contribution in [-0.2, 0) is 9.47 Å². The minimum Gasteiger partial charge on any atom is -0.378 e. The van der Waals surface area contributed by atoms with Gasteiger partial charge in [0, 0.05) is 80.3 Å². The minimum absolute atomic E-state index is 0.0855. The lowest BCUT2D eigenvalue weighted by Gasteiger charge is -2.39. The van der Waals surface area contributed by atoms with Crippen LogP contribution in [0.25, 0.3) is 22.0 Å². The fourth-order valence-electron chi connectivity index (χ4n) is 5.46. The number of halogens is 2. The highest BCUT2D eigenvalue weighted by Gasteiger charge is 2.38. The smallest absolute Gasteiger partial charge is 0.251 e. The van der Waals surface area contributed by atoms with Crippen molar-refractivity contribution in [3.8, 4) is 11.1 Å². The molecule has 3 N–H and O–H groups in total. The van der Waals surface area contributed by atoms with Gasteiger partial charge in [-0.2, -0.15) is 0 Å². The summed E-state index contributed by atoms with van der Waals surface area (Å²) >= 11 is 0. The molecule has 10 heteroatoms. The van der Waals surface area contributed by atoms with Gasteiger partial charge in [0.05, 0.1) is 23.8 Å². The number of fused-ring (bicyclic) bond motifs is 1. The highest BCUT2D eigenvalue weighted by Crippen LogP contribution is 2.37. The minimum atomic E-state index is -2.56. The van der Waals surface area contributed by atoms with E-state index in [0.717, 1.165) is 22.1 Å². The summed E-state index contributed by atoms with van der Waals surface area (Å²) in [6.45, 7) is 5.38. The average molecular weight is 528 g/mol. The molecule has 4 heterocycles. The lowest BCUT2D eigenvalue weighted by atomic mass is 9.87. The molecule has 38 heavy (non-hydrogen) atoms. The predicted octanol–water partition coefficient (Wildman–Crippen LogP) is 4.21. The Labute approximate surface area is 220 Å². The van der Waals surface area contributed by atoms with Crippen molar-refractivity contribution >= 4 is 16.7 Å². The zero-order valence-electron chi connectivity index (χ0n) is 22.0. The third kappa shape index (κ3) is 5.72. The number of hydrogen-bond donors (Lipinski definition) is 3. The molecule has 3 aromatic heterocycles. The van der Waals surface area contributed by atoms with E-state index in [2.05, 4.69) is 20.6 Å². The largest absolute Gasteiger partial charge is 0.378 e. The van der Waals surface area contributed by atoms with Gasteiger partial charge in [-0.1, -0.05) is 0 Å². The second kappa shape index (κ2) is 11.0. The van der Waals surface area contributed by atoms with Crippen LogP contribution in [0.2, 0.25) is 0 Å². The number of rotatable bonds is 7. The van der Waals surface area contributed by atoms with Gasteiger partial charge in [-0.15, -0.1) is 0 Å². The van der Waals surface area contributed by atoms with Gasteiger partial charge in [0.25, 0.3) is 5.56 Å². The van der Waals surface area contributed by atoms with Gasteiger partial charge in [-0.3, -0.25) is 9.78 Å². The Bertz CT molecular complexity index is 1340. The van der Waals surface area contributed by atoms with Crippen molar-refractivity contribution in [1.29, 1.82) is 0 Å². The molecule has 8 nitrogen and oxygen atoms in total. The number of methoxy groups -OCH3 is 1. The summed E-state index contributed by atoms with van der Waals surface area (Å²) in [5, 5.41) is 7.71. The van der Waals surface area contributed by atoms with E-state index in [0.29, 0.717) is 49.4 Å². The van der Waals surface area contributed by atoms with E-state index in [1.165, 1.54) is 0 Å². The van der Waals surface area contributed by atoms with Crippen LogP contribution in [-0.4, -0.2) is 65.9 Å². The number of piperidine rings is 1. The van der Waals surface area contributed by atoms with Crippen molar-refractivity contribution in [3.63, 3.8) is 0 Å². The van der Waals surface area contributed by atoms with Crippen LogP contribution < -0.4 is 16.2 Å². The van der Waals surface area contributed by atoms with E-state index in [-0.39, 0.29) is 42.6 Å². The van der Waals surface area contributed by atoms with Gasteiger partial charge in [0.2, 0.25) is 5.92 Å². The fourth-order valence-corrected chi connectivity index (χ4v) is 5.46. The quantitative estimate of drug-likeness (QED) is 0.423. The number of ether oxygens (including phenoxy) is 2. The van der Waals surface area contributed by atoms with Gasteiger partial charge in [0.15, 0.2) is 5.82 Å². The number of hydrogen-bond acceptors (Lipinski definition) is 7. The van der Waals surface area contributed by atoms with Crippen molar-refractivity contribution in [1.82, 2.24) is 20.3 Å². The molecule has 0 radical (unpaired) electrons. The molecule has 0 bridgehead atoms. The van der Waals surface area contributed by atoms with Crippen LogP contribution in [0.3, 0.4) is 0 Å². The third-order valence-electron chi connectivity index (χ3n) is 7.74. The highest BCUT2D eigenvalue weighted by molar-refractivity contribution is 5.99. The third-order valence-corrected chi connectivity index (χ3v) is 7.74. The standard InChI is InChI=1S/C28H35F2N5O3/c1-16-8-19(11-31-10-16)21-12-33-26(24-20(21)9-17(2)27(36)35-24)34-25-22(37-3)13-32-14-23(25)38-15-18-4-6-28(29,30)7-5-18/h8-12,18,22-23,25,32H,4-7,13-15H2,1-3H3,(H,33,34)(H,35,36)/t22-,23-,25-/m1/s1. The van der Waals surface area contributed by atoms with Gasteiger partial charge in [-0.05, 0) is 50.3 Å². The Morgan fingerprint density at radius 2 is 1.87 bits per heavy atom. The second-order valence-corrected chi connectivity index (χ2v) is 10.6. The number of aromatic amines is 1. The van der Waals surface area contributed by atoms with Crippen LogP contribution >= 0.6 is 0 Å². The number of anilines is 1. The molecular formula is C28H35F2N5O3. The molecule has 0 spiro atoms. The van der Waals surface area contributed by atoms with Gasteiger partial charge < -0.3 is 25.1 Å². The van der Waals surface area contributed by atoms with Crippen molar-refractivity contribution < 1.29 is 18.3 Å². The Morgan fingerprint density at radius 3 is 2.61 bits per heavy atom. The Morgan fingerprint density at radius 1 is 1.11 bits per heavy atom. The second-order valence-electron chi connectivity index (χ2n) is 10.6. The molecule has 5 rings (SSSR count). The number of nitrogens with one attached hydrogen (secondary N) is 3. The molecular weight excluding hydrogens is 492 g/mol. The van der Waals surface area contributed by atoms with E-state index in [1.54, 1.807) is 32.6 Å². The maximum atomic E-state index is 13.6. The molecule has 1 aliphatic heterocycles. The predicted molar refractivity (Wildman–Crippen MR) is 143 cm³/mol. The molecule has 1 aliphatic carbocycles. The molecule has 2 fully saturated rings. The van der Waals surface area contributed by atoms with Crippen molar-refractivity contribution in [2.45, 2.75) is 63.7 Å². The first kappa shape index (κ1) is 26.6. The van der Waals surface area contributed by atoms with E-state index in [1.807, 2.05) is 19.1 Å². The fraction of sp³-hybridized carbons (Fsp3) is 0.536. The monoisotopic (exact) mass is 527 g/mol. The Balaban J connectivity index is 1.44. The zero-order valence-corrected chi connectivity index (χ0v) is 22.0. The number of aryl methyl sites for hydroxylation is 2. The van der Waals surface area contributed by atoms with E-state index in [9.17, 15) is 13.6 Å².